The molecule has 0 N–H and O–H groups in total. The molecular formula is C26H30F2N4O4S. The van der Waals surface area contributed by atoms with Gasteiger partial charge in [0.05, 0.1) is 22.0 Å². The molecule has 1 fully saturated rings. The predicted octanol–water partition coefficient (Wildman–Crippen LogP) is 4.40. The average Bonchev–Trinajstić information content (AvgIpc) is 2.84. The van der Waals surface area contributed by atoms with Crippen LogP contribution in [-0.4, -0.2) is 61.1 Å². The molecule has 1 aliphatic rings. The molecule has 1 aromatic carbocycles. The van der Waals surface area contributed by atoms with Crippen molar-refractivity contribution in [2.45, 2.75) is 61.5 Å². The zero-order valence-corrected chi connectivity index (χ0v) is 21.7. The third kappa shape index (κ3) is 6.78. The lowest BCUT2D eigenvalue weighted by molar-refractivity contribution is -0.0499. The van der Waals surface area contributed by atoms with Crippen molar-refractivity contribution in [1.82, 2.24) is 19.9 Å². The van der Waals surface area contributed by atoms with E-state index in [9.17, 15) is 17.2 Å². The third-order valence-corrected chi connectivity index (χ3v) is 8.35. The SMILES string of the molecule is Cc1nc(O[C@H]2CC[C@H](c3cccc(OC(F)F)c3)C[C@@H]2N(C)C)ccc1S(=O)(=O)Cc1ccncn1. The van der Waals surface area contributed by atoms with Gasteiger partial charge < -0.3 is 14.4 Å². The van der Waals surface area contributed by atoms with Gasteiger partial charge in [-0.1, -0.05) is 12.1 Å². The van der Waals surface area contributed by atoms with E-state index < -0.39 is 16.4 Å². The van der Waals surface area contributed by atoms with Crippen LogP contribution in [0.4, 0.5) is 8.78 Å². The number of ether oxygens (including phenoxy) is 2. The van der Waals surface area contributed by atoms with Gasteiger partial charge in [0.15, 0.2) is 9.84 Å². The smallest absolute Gasteiger partial charge is 0.387 e. The fraction of sp³-hybridized carbons (Fsp3) is 0.423. The molecule has 2 aromatic heterocycles. The van der Waals surface area contributed by atoms with Gasteiger partial charge in [0, 0.05) is 18.3 Å². The Hall–Kier alpha value is -3.18. The molecular weight excluding hydrogens is 502 g/mol. The first kappa shape index (κ1) is 26.9. The normalized spacial score (nSPS) is 20.2. The number of aryl methyl sites for hydroxylation is 1. The van der Waals surface area contributed by atoms with E-state index in [4.69, 9.17) is 4.74 Å². The molecule has 0 spiro atoms. The number of halogens is 2. The summed E-state index contributed by atoms with van der Waals surface area (Å²) in [6, 6.07) is 11.6. The van der Waals surface area contributed by atoms with E-state index in [0.29, 0.717) is 17.3 Å². The summed E-state index contributed by atoms with van der Waals surface area (Å²) in [5, 5.41) is 0. The minimum absolute atomic E-state index is 0.0432. The Bertz CT molecular complexity index is 1310. The van der Waals surface area contributed by atoms with Gasteiger partial charge in [-0.2, -0.15) is 8.78 Å². The first-order valence-electron chi connectivity index (χ1n) is 12.0. The van der Waals surface area contributed by atoms with Gasteiger partial charge in [0.25, 0.3) is 0 Å². The molecule has 3 atom stereocenters. The minimum Gasteiger partial charge on any atom is -0.473 e. The van der Waals surface area contributed by atoms with Gasteiger partial charge in [-0.15, -0.1) is 0 Å². The summed E-state index contributed by atoms with van der Waals surface area (Å²) >= 11 is 0. The van der Waals surface area contributed by atoms with Crippen LogP contribution in [0.2, 0.25) is 0 Å². The Morgan fingerprint density at radius 1 is 1.14 bits per heavy atom. The van der Waals surface area contributed by atoms with Gasteiger partial charge in [-0.25, -0.2) is 23.4 Å². The van der Waals surface area contributed by atoms with Gasteiger partial charge in [0.1, 0.15) is 18.2 Å². The molecule has 1 aliphatic carbocycles. The molecule has 0 amide bonds. The van der Waals surface area contributed by atoms with Crippen LogP contribution < -0.4 is 9.47 Å². The van der Waals surface area contributed by atoms with Crippen molar-refractivity contribution < 1.29 is 26.7 Å². The largest absolute Gasteiger partial charge is 0.473 e. The molecule has 4 rings (SSSR count). The second-order valence-electron chi connectivity index (χ2n) is 9.34. The van der Waals surface area contributed by atoms with Crippen LogP contribution in [-0.2, 0) is 15.6 Å². The standard InChI is InChI=1S/C26H30F2N4O4S/c1-17-24(37(33,34)15-20-11-12-29-16-30-20)9-10-25(31-17)36-23-8-7-19(14-22(23)32(2)3)18-5-4-6-21(13-18)35-26(27)28/h4-6,9-13,16,19,22-23,26H,7-8,14-15H2,1-3H3/t19-,22-,23-/m0/s1. The van der Waals surface area contributed by atoms with Crippen LogP contribution in [0.1, 0.15) is 42.1 Å². The lowest BCUT2D eigenvalue weighted by atomic mass is 9.79. The molecule has 3 aromatic rings. The van der Waals surface area contributed by atoms with E-state index >= 15 is 0 Å². The number of alkyl halides is 2. The second kappa shape index (κ2) is 11.5. The number of rotatable bonds is 9. The summed E-state index contributed by atoms with van der Waals surface area (Å²) in [6.07, 6.45) is 4.95. The summed E-state index contributed by atoms with van der Waals surface area (Å²) in [6.45, 7) is -1.22. The topological polar surface area (TPSA) is 94.5 Å². The maximum absolute atomic E-state index is 12.9. The number of sulfone groups is 1. The molecule has 0 bridgehead atoms. The molecule has 0 saturated heterocycles. The molecule has 0 unspecified atom stereocenters. The lowest BCUT2D eigenvalue weighted by Crippen LogP contribution is -2.46. The fourth-order valence-electron chi connectivity index (χ4n) is 4.80. The minimum atomic E-state index is -3.64. The maximum Gasteiger partial charge on any atom is 0.387 e. The lowest BCUT2D eigenvalue weighted by Gasteiger charge is -2.39. The number of nitrogens with zero attached hydrogens (tertiary/aromatic N) is 4. The predicted molar refractivity (Wildman–Crippen MR) is 133 cm³/mol. The Labute approximate surface area is 215 Å². The molecule has 0 aliphatic heterocycles. The van der Waals surface area contributed by atoms with E-state index in [0.717, 1.165) is 24.8 Å². The highest BCUT2D eigenvalue weighted by atomic mass is 32.2. The number of hydrogen-bond acceptors (Lipinski definition) is 8. The average molecular weight is 533 g/mol. The summed E-state index contributed by atoms with van der Waals surface area (Å²) in [5.74, 6) is 0.439. The molecule has 0 radical (unpaired) electrons. The zero-order valence-electron chi connectivity index (χ0n) is 20.9. The van der Waals surface area contributed by atoms with Crippen LogP contribution in [0, 0.1) is 6.92 Å². The van der Waals surface area contributed by atoms with E-state index in [1.54, 1.807) is 31.2 Å². The first-order chi connectivity index (χ1) is 17.6. The van der Waals surface area contributed by atoms with Crippen molar-refractivity contribution in [1.29, 1.82) is 0 Å². The van der Waals surface area contributed by atoms with Crippen molar-refractivity contribution in [3.8, 4) is 11.6 Å². The van der Waals surface area contributed by atoms with Crippen LogP contribution in [0.15, 0.2) is 59.9 Å². The maximum atomic E-state index is 12.9. The Morgan fingerprint density at radius 3 is 2.62 bits per heavy atom. The van der Waals surface area contributed by atoms with Crippen LogP contribution in [0.25, 0.3) is 0 Å². The number of aromatic nitrogens is 3. The van der Waals surface area contributed by atoms with Crippen molar-refractivity contribution >= 4 is 9.84 Å². The summed E-state index contributed by atoms with van der Waals surface area (Å²) in [5.41, 5.74) is 1.72. The number of likely N-dealkylation sites (N-methyl/N-ethyl adjacent to an activating group) is 1. The number of pyridine rings is 1. The first-order valence-corrected chi connectivity index (χ1v) is 13.6. The van der Waals surface area contributed by atoms with Crippen LogP contribution >= 0.6 is 0 Å². The van der Waals surface area contributed by atoms with Gasteiger partial charge in [0.2, 0.25) is 5.88 Å². The van der Waals surface area contributed by atoms with E-state index in [1.165, 1.54) is 24.7 Å². The molecule has 198 valence electrons. The van der Waals surface area contributed by atoms with Crippen molar-refractivity contribution in [2.75, 3.05) is 14.1 Å². The Kier molecular flexibility index (Phi) is 8.33. The molecule has 11 heteroatoms. The van der Waals surface area contributed by atoms with Crippen molar-refractivity contribution in [3.05, 3.63) is 71.9 Å². The van der Waals surface area contributed by atoms with Crippen LogP contribution in [0.3, 0.4) is 0 Å². The highest BCUT2D eigenvalue weighted by Crippen LogP contribution is 2.37. The highest BCUT2D eigenvalue weighted by molar-refractivity contribution is 7.90. The molecule has 37 heavy (non-hydrogen) atoms. The summed E-state index contributed by atoms with van der Waals surface area (Å²) < 4.78 is 62.0. The molecule has 1 saturated carbocycles. The summed E-state index contributed by atoms with van der Waals surface area (Å²) in [4.78, 5) is 14.5. The summed E-state index contributed by atoms with van der Waals surface area (Å²) in [7, 11) is 0.306. The monoisotopic (exact) mass is 532 g/mol. The zero-order chi connectivity index (χ0) is 26.6. The second-order valence-corrected chi connectivity index (χ2v) is 11.3. The number of hydrogen-bond donors (Lipinski definition) is 0. The van der Waals surface area contributed by atoms with Crippen LogP contribution in [0.5, 0.6) is 11.6 Å². The van der Waals surface area contributed by atoms with E-state index in [2.05, 4.69) is 24.6 Å². The molecule has 2 heterocycles. The Balaban J connectivity index is 1.46. The van der Waals surface area contributed by atoms with Crippen molar-refractivity contribution in [3.63, 3.8) is 0 Å². The van der Waals surface area contributed by atoms with Gasteiger partial charge >= 0.3 is 6.61 Å². The van der Waals surface area contributed by atoms with E-state index in [-0.39, 0.29) is 34.5 Å². The van der Waals surface area contributed by atoms with Gasteiger partial charge in [-0.05, 0) is 76.0 Å². The number of benzene rings is 1. The fourth-order valence-corrected chi connectivity index (χ4v) is 6.28. The molecule has 8 nitrogen and oxygen atoms in total. The van der Waals surface area contributed by atoms with E-state index in [1.807, 2.05) is 20.2 Å². The highest BCUT2D eigenvalue weighted by Gasteiger charge is 2.34. The van der Waals surface area contributed by atoms with Gasteiger partial charge in [-0.3, -0.25) is 0 Å². The third-order valence-electron chi connectivity index (χ3n) is 6.57. The Morgan fingerprint density at radius 2 is 1.95 bits per heavy atom. The quantitative estimate of drug-likeness (QED) is 0.400. The van der Waals surface area contributed by atoms with Crippen molar-refractivity contribution in [2.24, 2.45) is 0 Å².